The van der Waals surface area contributed by atoms with Crippen LogP contribution in [0.5, 0.6) is 0 Å². The molecule has 0 unspecified atom stereocenters. The van der Waals surface area contributed by atoms with Gasteiger partial charge in [0, 0.05) is 5.69 Å². The zero-order chi connectivity index (χ0) is 21.1. The van der Waals surface area contributed by atoms with Gasteiger partial charge in [-0.25, -0.2) is 0 Å². The number of carbonyl (C=O) groups excluding carboxylic acids is 2. The molecule has 0 bridgehead atoms. The molecule has 0 aliphatic carbocycles. The minimum atomic E-state index is -0.308. The van der Waals surface area contributed by atoms with Crippen molar-refractivity contribution in [3.63, 3.8) is 0 Å². The fourth-order valence-corrected chi connectivity index (χ4v) is 4.84. The highest BCUT2D eigenvalue weighted by Crippen LogP contribution is 2.30. The van der Waals surface area contributed by atoms with Crippen LogP contribution in [0.15, 0.2) is 71.4 Å². The third kappa shape index (κ3) is 4.46. The first kappa shape index (κ1) is 20.3. The normalized spacial score (nSPS) is 10.6. The Labute approximate surface area is 187 Å². The fraction of sp³-hybridized carbons (Fsp3) is 0.0435. The quantitative estimate of drug-likeness (QED) is 0.344. The SMILES string of the molecule is Cc1cc(NC(=O)c2ccccc2Cl)sc1C(=O)Nc1cccc(-c2ccsc2)c1. The molecule has 4 rings (SSSR count). The van der Waals surface area contributed by atoms with E-state index >= 15 is 0 Å². The van der Waals surface area contributed by atoms with Crippen molar-refractivity contribution in [2.45, 2.75) is 6.92 Å². The molecule has 0 aliphatic rings. The average molecular weight is 453 g/mol. The summed E-state index contributed by atoms with van der Waals surface area (Å²) in [6.45, 7) is 1.85. The van der Waals surface area contributed by atoms with E-state index in [1.807, 2.05) is 42.6 Å². The predicted molar refractivity (Wildman–Crippen MR) is 126 cm³/mol. The van der Waals surface area contributed by atoms with Crippen molar-refractivity contribution in [1.29, 1.82) is 0 Å². The van der Waals surface area contributed by atoms with Gasteiger partial charge >= 0.3 is 0 Å². The Morgan fingerprint density at radius 3 is 2.50 bits per heavy atom. The number of rotatable bonds is 5. The number of nitrogens with one attached hydrogen (secondary N) is 2. The van der Waals surface area contributed by atoms with E-state index < -0.39 is 0 Å². The van der Waals surface area contributed by atoms with Gasteiger partial charge in [0.25, 0.3) is 11.8 Å². The highest BCUT2D eigenvalue weighted by molar-refractivity contribution is 7.18. The lowest BCUT2D eigenvalue weighted by atomic mass is 10.1. The lowest BCUT2D eigenvalue weighted by Gasteiger charge is -2.07. The molecule has 150 valence electrons. The Bertz CT molecular complexity index is 1220. The van der Waals surface area contributed by atoms with Crippen LogP contribution in [0.1, 0.15) is 25.6 Å². The fourth-order valence-electron chi connectivity index (χ4n) is 2.99. The summed E-state index contributed by atoms with van der Waals surface area (Å²) in [7, 11) is 0. The van der Waals surface area contributed by atoms with Crippen molar-refractivity contribution < 1.29 is 9.59 Å². The van der Waals surface area contributed by atoms with Crippen molar-refractivity contribution in [2.24, 2.45) is 0 Å². The van der Waals surface area contributed by atoms with Gasteiger partial charge in [0.15, 0.2) is 0 Å². The van der Waals surface area contributed by atoms with Gasteiger partial charge in [-0.1, -0.05) is 35.9 Å². The maximum absolute atomic E-state index is 12.8. The molecule has 30 heavy (non-hydrogen) atoms. The molecule has 0 atom stereocenters. The van der Waals surface area contributed by atoms with Crippen LogP contribution in [-0.4, -0.2) is 11.8 Å². The van der Waals surface area contributed by atoms with Crippen molar-refractivity contribution >= 4 is 56.8 Å². The number of thiophene rings is 2. The number of benzene rings is 2. The highest BCUT2D eigenvalue weighted by atomic mass is 35.5. The smallest absolute Gasteiger partial charge is 0.266 e. The van der Waals surface area contributed by atoms with Gasteiger partial charge in [0.1, 0.15) is 0 Å². The zero-order valence-corrected chi connectivity index (χ0v) is 18.3. The summed E-state index contributed by atoms with van der Waals surface area (Å²) in [6.07, 6.45) is 0. The van der Waals surface area contributed by atoms with E-state index in [0.29, 0.717) is 20.5 Å². The van der Waals surface area contributed by atoms with Crippen molar-refractivity contribution in [3.05, 3.63) is 92.5 Å². The van der Waals surface area contributed by atoms with Crippen LogP contribution in [0.3, 0.4) is 0 Å². The average Bonchev–Trinajstić information content (AvgIpc) is 3.38. The number of hydrogen-bond acceptors (Lipinski definition) is 4. The summed E-state index contributed by atoms with van der Waals surface area (Å²) in [5.74, 6) is -0.518. The summed E-state index contributed by atoms with van der Waals surface area (Å²) in [5.41, 5.74) is 4.07. The second-order valence-corrected chi connectivity index (χ2v) is 8.84. The number of anilines is 2. The first-order valence-electron chi connectivity index (χ1n) is 9.11. The van der Waals surface area contributed by atoms with Gasteiger partial charge < -0.3 is 10.6 Å². The maximum atomic E-state index is 12.8. The Balaban J connectivity index is 1.49. The summed E-state index contributed by atoms with van der Waals surface area (Å²) in [5, 5.41) is 10.8. The van der Waals surface area contributed by atoms with Crippen LogP contribution in [-0.2, 0) is 0 Å². The largest absolute Gasteiger partial charge is 0.321 e. The number of carbonyl (C=O) groups is 2. The third-order valence-electron chi connectivity index (χ3n) is 4.45. The summed E-state index contributed by atoms with van der Waals surface area (Å²) in [4.78, 5) is 25.8. The monoisotopic (exact) mass is 452 g/mol. The zero-order valence-electron chi connectivity index (χ0n) is 15.9. The molecule has 0 saturated carbocycles. The molecule has 4 nitrogen and oxygen atoms in total. The molecule has 2 aromatic carbocycles. The Kier molecular flexibility index (Phi) is 5.99. The molecule has 7 heteroatoms. The molecule has 2 heterocycles. The topological polar surface area (TPSA) is 58.2 Å². The molecule has 2 N–H and O–H groups in total. The van der Waals surface area contributed by atoms with E-state index in [0.717, 1.165) is 22.4 Å². The molecule has 0 fully saturated rings. The minimum Gasteiger partial charge on any atom is -0.321 e. The molecule has 0 radical (unpaired) electrons. The van der Waals surface area contributed by atoms with Crippen LogP contribution < -0.4 is 10.6 Å². The van der Waals surface area contributed by atoms with Gasteiger partial charge in [0.05, 0.1) is 20.5 Å². The van der Waals surface area contributed by atoms with Crippen LogP contribution in [0, 0.1) is 6.92 Å². The summed E-state index contributed by atoms with van der Waals surface area (Å²) in [6, 6.07) is 18.4. The molecule has 2 amide bonds. The van der Waals surface area contributed by atoms with E-state index in [1.54, 1.807) is 41.7 Å². The second-order valence-electron chi connectivity index (χ2n) is 6.60. The van der Waals surface area contributed by atoms with Gasteiger partial charge in [-0.3, -0.25) is 9.59 Å². The second kappa shape index (κ2) is 8.83. The maximum Gasteiger partial charge on any atom is 0.266 e. The first-order chi connectivity index (χ1) is 14.5. The molecule has 0 aliphatic heterocycles. The van der Waals surface area contributed by atoms with Gasteiger partial charge in [-0.15, -0.1) is 11.3 Å². The Morgan fingerprint density at radius 2 is 1.73 bits per heavy atom. The van der Waals surface area contributed by atoms with Crippen molar-refractivity contribution in [2.75, 3.05) is 10.6 Å². The number of aryl methyl sites for hydroxylation is 1. The van der Waals surface area contributed by atoms with Crippen molar-refractivity contribution in [1.82, 2.24) is 0 Å². The summed E-state index contributed by atoms with van der Waals surface area (Å²) >= 11 is 8.95. The molecule has 0 saturated heterocycles. The lowest BCUT2D eigenvalue weighted by molar-refractivity contribution is 0.102. The standard InChI is InChI=1S/C23H17ClN2O2S2/c1-14-11-20(26-22(27)18-7-2-3-8-19(18)24)30-21(14)23(28)25-17-6-4-5-15(12-17)16-9-10-29-13-16/h2-13H,1H3,(H,25,28)(H,26,27). The molecular formula is C23H17ClN2O2S2. The lowest BCUT2D eigenvalue weighted by Crippen LogP contribution is -2.12. The first-order valence-corrected chi connectivity index (χ1v) is 11.3. The molecule has 4 aromatic rings. The van der Waals surface area contributed by atoms with E-state index in [1.165, 1.54) is 11.3 Å². The molecule has 2 aromatic heterocycles. The van der Waals surface area contributed by atoms with E-state index in [2.05, 4.69) is 16.0 Å². The highest BCUT2D eigenvalue weighted by Gasteiger charge is 2.17. The third-order valence-corrected chi connectivity index (χ3v) is 6.62. The minimum absolute atomic E-state index is 0.210. The number of halogens is 1. The van der Waals surface area contributed by atoms with Gasteiger partial charge in [0.2, 0.25) is 0 Å². The van der Waals surface area contributed by atoms with E-state index in [4.69, 9.17) is 11.6 Å². The molecular weight excluding hydrogens is 436 g/mol. The summed E-state index contributed by atoms with van der Waals surface area (Å²) < 4.78 is 0. The van der Waals surface area contributed by atoms with Crippen LogP contribution in [0.2, 0.25) is 5.02 Å². The molecule has 0 spiro atoms. The number of hydrogen-bond donors (Lipinski definition) is 2. The van der Waals surface area contributed by atoms with Crippen molar-refractivity contribution in [3.8, 4) is 11.1 Å². The van der Waals surface area contributed by atoms with Gasteiger partial charge in [-0.05, 0) is 70.8 Å². The van der Waals surface area contributed by atoms with Crippen LogP contribution in [0.4, 0.5) is 10.7 Å². The Hall–Kier alpha value is -2.93. The predicted octanol–water partition coefficient (Wildman–Crippen LogP) is 6.94. The number of amides is 2. The van der Waals surface area contributed by atoms with E-state index in [-0.39, 0.29) is 11.8 Å². The van der Waals surface area contributed by atoms with E-state index in [9.17, 15) is 9.59 Å². The van der Waals surface area contributed by atoms with Crippen LogP contribution >= 0.6 is 34.3 Å². The Morgan fingerprint density at radius 1 is 0.900 bits per heavy atom. The van der Waals surface area contributed by atoms with Crippen LogP contribution in [0.25, 0.3) is 11.1 Å². The van der Waals surface area contributed by atoms with Gasteiger partial charge in [-0.2, -0.15) is 11.3 Å².